The first-order valence-electron chi connectivity index (χ1n) is 8.77. The van der Waals surface area contributed by atoms with Crippen molar-refractivity contribution in [1.29, 1.82) is 0 Å². The van der Waals surface area contributed by atoms with Gasteiger partial charge in [0.1, 0.15) is 0 Å². The molecule has 0 aromatic rings. The zero-order valence-electron chi connectivity index (χ0n) is 15.7. The van der Waals surface area contributed by atoms with Crippen LogP contribution in [-0.2, 0) is 4.31 Å². The molecule has 0 saturated carbocycles. The summed E-state index contributed by atoms with van der Waals surface area (Å²) in [5.74, 6) is 0. The molecule has 0 heterocycles. The van der Waals surface area contributed by atoms with Crippen LogP contribution in [0, 0.1) is 5.41 Å². The average Bonchev–Trinajstić information content (AvgIpc) is 2.57. The number of aliphatic hydroxyl groups excluding tert-OH is 3. The van der Waals surface area contributed by atoms with E-state index in [0.29, 0.717) is 12.8 Å². The fourth-order valence-electron chi connectivity index (χ4n) is 2.65. The van der Waals surface area contributed by atoms with E-state index in [-0.39, 0.29) is 0 Å². The first-order valence-corrected chi connectivity index (χ1v) is 11.1. The van der Waals surface area contributed by atoms with E-state index in [9.17, 15) is 20.4 Å². The van der Waals surface area contributed by atoms with Gasteiger partial charge in [-0.1, -0.05) is 52.4 Å². The molecule has 0 atom stereocenters. The molecule has 0 aliphatic heterocycles. The highest BCUT2D eigenvalue weighted by molar-refractivity contribution is 7.53. The molecule has 0 amide bonds. The van der Waals surface area contributed by atoms with Crippen molar-refractivity contribution in [2.45, 2.75) is 70.8 Å². The summed E-state index contributed by atoms with van der Waals surface area (Å²) in [6.45, 7) is 3.00. The summed E-state index contributed by atoms with van der Waals surface area (Å²) in [6, 6.07) is 0. The summed E-state index contributed by atoms with van der Waals surface area (Å²) in [7, 11) is -5.22. The first-order chi connectivity index (χ1) is 12.2. The Balaban J connectivity index is 0. The van der Waals surface area contributed by atoms with Gasteiger partial charge in [0.2, 0.25) is 0 Å². The van der Waals surface area contributed by atoms with Gasteiger partial charge in [0.05, 0.1) is 30.8 Å². The Labute approximate surface area is 158 Å². The molecular formula is C15H36O9P2. The standard InChI is InChI=1S/C15H32O4.H4O5P2/c1-3-5-7-9-15(19,10-8-6-4-2)14(11-16,12-17)13-18;1-6(2)5-7(3)4/h16-19H,3-13H2,1-2H3;1-4H. The van der Waals surface area contributed by atoms with E-state index >= 15 is 0 Å². The second kappa shape index (κ2) is 16.5. The molecule has 0 aromatic heterocycles. The van der Waals surface area contributed by atoms with Gasteiger partial charge in [0.25, 0.3) is 0 Å². The highest BCUT2D eigenvalue weighted by atomic mass is 31.2. The summed E-state index contributed by atoms with van der Waals surface area (Å²) in [4.78, 5) is 31.3. The van der Waals surface area contributed by atoms with Gasteiger partial charge in [-0.05, 0) is 12.8 Å². The summed E-state index contributed by atoms with van der Waals surface area (Å²) < 4.78 is 3.60. The van der Waals surface area contributed by atoms with Gasteiger partial charge in [-0.15, -0.1) is 0 Å². The molecule has 9 nitrogen and oxygen atoms in total. The van der Waals surface area contributed by atoms with Crippen LogP contribution in [0.1, 0.15) is 65.2 Å². The maximum Gasteiger partial charge on any atom is 0.334 e. The van der Waals surface area contributed by atoms with Crippen molar-refractivity contribution < 1.29 is 44.3 Å². The first kappa shape index (κ1) is 28.7. The molecule has 0 rings (SSSR count). The van der Waals surface area contributed by atoms with E-state index in [2.05, 4.69) is 18.2 Å². The van der Waals surface area contributed by atoms with Crippen LogP contribution in [0.4, 0.5) is 0 Å². The lowest BCUT2D eigenvalue weighted by molar-refractivity contribution is -0.162. The molecule has 11 heteroatoms. The Hall–Kier alpha value is 0.500. The predicted molar refractivity (Wildman–Crippen MR) is 101 cm³/mol. The van der Waals surface area contributed by atoms with Gasteiger partial charge >= 0.3 is 17.2 Å². The molecule has 0 spiro atoms. The zero-order valence-corrected chi connectivity index (χ0v) is 17.4. The Morgan fingerprint density at radius 1 is 0.692 bits per heavy atom. The molecule has 0 bridgehead atoms. The molecule has 0 saturated heterocycles. The Morgan fingerprint density at radius 3 is 1.23 bits per heavy atom. The van der Waals surface area contributed by atoms with Crippen molar-refractivity contribution in [3.8, 4) is 0 Å². The van der Waals surface area contributed by atoms with Gasteiger partial charge < -0.3 is 40.0 Å². The number of aliphatic hydroxyl groups is 4. The SMILES string of the molecule is CCCCCC(O)(CCCCC)C(CO)(CO)CO.OP(O)OP(O)O. The minimum absolute atomic E-state index is 0.394. The number of hydrogen-bond donors (Lipinski definition) is 8. The number of rotatable bonds is 14. The van der Waals surface area contributed by atoms with Gasteiger partial charge in [-0.3, -0.25) is 0 Å². The third kappa shape index (κ3) is 11.4. The zero-order chi connectivity index (χ0) is 20.6. The molecular weight excluding hydrogens is 386 g/mol. The van der Waals surface area contributed by atoms with E-state index in [1.165, 1.54) is 0 Å². The van der Waals surface area contributed by atoms with E-state index in [1.807, 2.05) is 0 Å². The van der Waals surface area contributed by atoms with Gasteiger partial charge in [-0.25, -0.2) is 4.31 Å². The topological polar surface area (TPSA) is 171 Å². The lowest BCUT2D eigenvalue weighted by Gasteiger charge is -2.44. The Morgan fingerprint density at radius 2 is 1.04 bits per heavy atom. The van der Waals surface area contributed by atoms with Crippen LogP contribution < -0.4 is 0 Å². The average molecular weight is 422 g/mol. The maximum absolute atomic E-state index is 10.9. The van der Waals surface area contributed by atoms with E-state index in [0.717, 1.165) is 38.5 Å². The normalized spacial score (nSPS) is 12.5. The molecule has 160 valence electrons. The Kier molecular flexibility index (Phi) is 18.2. The second-order valence-electron chi connectivity index (χ2n) is 6.29. The van der Waals surface area contributed by atoms with Gasteiger partial charge in [0, 0.05) is 0 Å². The molecule has 26 heavy (non-hydrogen) atoms. The largest absolute Gasteiger partial charge is 0.395 e. The number of unbranched alkanes of at least 4 members (excludes halogenated alkanes) is 4. The smallest absolute Gasteiger partial charge is 0.334 e. The fourth-order valence-corrected chi connectivity index (χ4v) is 3.17. The summed E-state index contributed by atoms with van der Waals surface area (Å²) in [5, 5.41) is 39.5. The minimum Gasteiger partial charge on any atom is -0.395 e. The highest BCUT2D eigenvalue weighted by Gasteiger charge is 2.48. The fraction of sp³-hybridized carbons (Fsp3) is 1.00. The van der Waals surface area contributed by atoms with Crippen molar-refractivity contribution >= 4 is 17.2 Å². The molecule has 0 fully saturated rings. The molecule has 8 N–H and O–H groups in total. The summed E-state index contributed by atoms with van der Waals surface area (Å²) in [6.07, 6.45) is 6.86. The lowest BCUT2D eigenvalue weighted by atomic mass is 9.68. The van der Waals surface area contributed by atoms with E-state index in [1.54, 1.807) is 0 Å². The van der Waals surface area contributed by atoms with Crippen molar-refractivity contribution in [3.05, 3.63) is 0 Å². The monoisotopic (exact) mass is 422 g/mol. The van der Waals surface area contributed by atoms with Crippen LogP contribution in [0.25, 0.3) is 0 Å². The lowest BCUT2D eigenvalue weighted by Crippen LogP contribution is -2.55. The predicted octanol–water partition coefficient (Wildman–Crippen LogP) is 1.27. The quantitative estimate of drug-likeness (QED) is 0.152. The van der Waals surface area contributed by atoms with Crippen molar-refractivity contribution in [1.82, 2.24) is 0 Å². The summed E-state index contributed by atoms with van der Waals surface area (Å²) in [5.41, 5.74) is -2.38. The molecule has 0 unspecified atom stereocenters. The van der Waals surface area contributed by atoms with Crippen LogP contribution in [0.3, 0.4) is 0 Å². The van der Waals surface area contributed by atoms with Crippen LogP contribution in [0.15, 0.2) is 0 Å². The number of hydrogen-bond acceptors (Lipinski definition) is 9. The van der Waals surface area contributed by atoms with Crippen LogP contribution in [0.5, 0.6) is 0 Å². The van der Waals surface area contributed by atoms with Crippen molar-refractivity contribution in [2.24, 2.45) is 5.41 Å². The van der Waals surface area contributed by atoms with Gasteiger partial charge in [-0.2, -0.15) is 0 Å². The molecule has 0 aromatic carbocycles. The van der Waals surface area contributed by atoms with Crippen molar-refractivity contribution in [3.63, 3.8) is 0 Å². The second-order valence-corrected chi connectivity index (χ2v) is 7.95. The van der Waals surface area contributed by atoms with Crippen LogP contribution >= 0.6 is 17.2 Å². The van der Waals surface area contributed by atoms with E-state index < -0.39 is 48.0 Å². The van der Waals surface area contributed by atoms with Crippen LogP contribution in [-0.4, -0.2) is 65.4 Å². The molecule has 0 aliphatic carbocycles. The third-order valence-corrected chi connectivity index (χ3v) is 5.60. The van der Waals surface area contributed by atoms with Crippen LogP contribution in [0.2, 0.25) is 0 Å². The maximum atomic E-state index is 10.9. The highest BCUT2D eigenvalue weighted by Crippen LogP contribution is 2.42. The molecule has 0 radical (unpaired) electrons. The van der Waals surface area contributed by atoms with Crippen molar-refractivity contribution in [2.75, 3.05) is 19.8 Å². The van der Waals surface area contributed by atoms with E-state index in [4.69, 9.17) is 19.6 Å². The third-order valence-electron chi connectivity index (χ3n) is 4.43. The summed E-state index contributed by atoms with van der Waals surface area (Å²) >= 11 is 0. The molecule has 0 aliphatic rings. The minimum atomic E-state index is -2.61. The Bertz CT molecular complexity index is 291. The van der Waals surface area contributed by atoms with Gasteiger partial charge in [0.15, 0.2) is 0 Å².